The van der Waals surface area contributed by atoms with Crippen LogP contribution in [0.1, 0.15) is 130 Å². The second-order valence-electron chi connectivity index (χ2n) is 9.07. The Balaban J connectivity index is 0. The Bertz CT molecular complexity index is 587. The molecule has 36 heavy (non-hydrogen) atoms. The van der Waals surface area contributed by atoms with Crippen LogP contribution in [0.5, 0.6) is 0 Å². The summed E-state index contributed by atoms with van der Waals surface area (Å²) in [7, 11) is 0. The Morgan fingerprint density at radius 3 is 1.28 bits per heavy atom. The molecule has 0 spiro atoms. The maximum absolute atomic E-state index is 10.5. The van der Waals surface area contributed by atoms with Crippen LogP contribution in [0.4, 0.5) is 0 Å². The Kier molecular flexibility index (Phi) is 33.0. The van der Waals surface area contributed by atoms with Gasteiger partial charge in [0.2, 0.25) is 0 Å². The predicted octanol–water partition coefficient (Wildman–Crippen LogP) is 9.61. The molecule has 4 nitrogen and oxygen atoms in total. The third-order valence-corrected chi connectivity index (χ3v) is 5.45. The van der Waals surface area contributed by atoms with Gasteiger partial charge in [-0.05, 0) is 51.9 Å². The lowest BCUT2D eigenvalue weighted by Crippen LogP contribution is -2.00. The molecule has 0 aromatic carbocycles. The Morgan fingerprint density at radius 1 is 0.528 bits per heavy atom. The van der Waals surface area contributed by atoms with Crippen molar-refractivity contribution in [3.8, 4) is 0 Å². The molecule has 0 heterocycles. The van der Waals surface area contributed by atoms with Gasteiger partial charge in [-0.2, -0.15) is 0 Å². The first-order chi connectivity index (χ1) is 17.5. The fourth-order valence-electron chi connectivity index (χ4n) is 3.43. The number of allylic oxidation sites excluding steroid dienone is 8. The van der Waals surface area contributed by atoms with Gasteiger partial charge >= 0.3 is 11.9 Å². The van der Waals surface area contributed by atoms with Crippen molar-refractivity contribution in [3.63, 3.8) is 0 Å². The molecule has 0 atom stereocenters. The van der Waals surface area contributed by atoms with E-state index in [4.69, 9.17) is 9.47 Å². The average molecular weight is 505 g/mol. The minimum Gasteiger partial charge on any atom is -0.466 e. The molecule has 0 aliphatic rings. The van der Waals surface area contributed by atoms with E-state index in [0.29, 0.717) is 13.2 Å². The lowest BCUT2D eigenvalue weighted by atomic mass is 10.1. The van der Waals surface area contributed by atoms with Crippen molar-refractivity contribution in [3.05, 3.63) is 48.6 Å². The Morgan fingerprint density at radius 2 is 0.889 bits per heavy atom. The van der Waals surface area contributed by atoms with Crippen LogP contribution in [-0.2, 0) is 19.1 Å². The SMILES string of the molecule is C/C=C/C=C\CCCCCCCOC(C)=O.CC/C=C/C=C\CCCCCCCCCCOC(C)=O. The summed E-state index contributed by atoms with van der Waals surface area (Å²) in [6.07, 6.45) is 36.6. The van der Waals surface area contributed by atoms with Crippen molar-refractivity contribution in [2.75, 3.05) is 13.2 Å². The Labute approximate surface area is 223 Å². The van der Waals surface area contributed by atoms with Crippen molar-refractivity contribution >= 4 is 11.9 Å². The van der Waals surface area contributed by atoms with E-state index in [2.05, 4.69) is 49.5 Å². The summed E-state index contributed by atoms with van der Waals surface area (Å²) >= 11 is 0. The summed E-state index contributed by atoms with van der Waals surface area (Å²) in [5.74, 6) is -0.335. The summed E-state index contributed by atoms with van der Waals surface area (Å²) in [5, 5.41) is 0. The van der Waals surface area contributed by atoms with Gasteiger partial charge in [-0.3, -0.25) is 9.59 Å². The summed E-state index contributed by atoms with van der Waals surface area (Å²) in [6.45, 7) is 8.27. The highest BCUT2D eigenvalue weighted by Crippen LogP contribution is 2.10. The molecule has 0 saturated heterocycles. The van der Waals surface area contributed by atoms with Crippen molar-refractivity contribution in [2.24, 2.45) is 0 Å². The Hall–Kier alpha value is -2.10. The maximum atomic E-state index is 10.5. The summed E-state index contributed by atoms with van der Waals surface area (Å²) in [4.78, 5) is 21.0. The summed E-state index contributed by atoms with van der Waals surface area (Å²) in [6, 6.07) is 0. The molecule has 0 unspecified atom stereocenters. The van der Waals surface area contributed by atoms with Gasteiger partial charge in [0.25, 0.3) is 0 Å². The van der Waals surface area contributed by atoms with Crippen molar-refractivity contribution < 1.29 is 19.1 Å². The highest BCUT2D eigenvalue weighted by Gasteiger charge is 1.95. The number of carbonyl (C=O) groups is 2. The third kappa shape index (κ3) is 39.1. The monoisotopic (exact) mass is 504 g/mol. The number of ether oxygens (including phenoxy) is 2. The topological polar surface area (TPSA) is 52.6 Å². The van der Waals surface area contributed by atoms with Gasteiger partial charge in [0.05, 0.1) is 13.2 Å². The van der Waals surface area contributed by atoms with Crippen LogP contribution in [0, 0.1) is 0 Å². The van der Waals surface area contributed by atoms with E-state index in [1.165, 1.54) is 84.5 Å². The normalized spacial score (nSPS) is 11.4. The van der Waals surface area contributed by atoms with E-state index in [1.807, 2.05) is 13.0 Å². The van der Waals surface area contributed by atoms with E-state index >= 15 is 0 Å². The van der Waals surface area contributed by atoms with E-state index in [9.17, 15) is 9.59 Å². The molecule has 0 aliphatic heterocycles. The molecule has 0 aliphatic carbocycles. The van der Waals surface area contributed by atoms with Gasteiger partial charge in [0.15, 0.2) is 0 Å². The molecule has 208 valence electrons. The lowest BCUT2D eigenvalue weighted by molar-refractivity contribution is -0.142. The minimum atomic E-state index is -0.172. The number of hydrogen-bond donors (Lipinski definition) is 0. The molecular weight excluding hydrogens is 448 g/mol. The third-order valence-electron chi connectivity index (χ3n) is 5.45. The largest absolute Gasteiger partial charge is 0.466 e. The molecule has 0 aromatic rings. The van der Waals surface area contributed by atoms with E-state index < -0.39 is 0 Å². The quantitative estimate of drug-likeness (QED) is 0.0836. The number of rotatable bonds is 22. The van der Waals surface area contributed by atoms with Crippen molar-refractivity contribution in [1.29, 1.82) is 0 Å². The fourth-order valence-corrected chi connectivity index (χ4v) is 3.43. The smallest absolute Gasteiger partial charge is 0.302 e. The van der Waals surface area contributed by atoms with Crippen molar-refractivity contribution in [2.45, 2.75) is 130 Å². The second-order valence-corrected chi connectivity index (χ2v) is 9.07. The highest BCUT2D eigenvalue weighted by molar-refractivity contribution is 5.66. The standard InChI is InChI=1S/C18H32O2.C14H24O2/c1-3-4-5-6-7-8-9-10-11-12-13-14-15-16-17-20-18(2)19;1-3-4-5-6-7-8-9-10-11-12-13-16-14(2)15/h4-7H,3,8-17H2,1-2H3;3-6H,7-13H2,1-2H3/b5-4+,7-6-;4-3+,6-5-. The number of esters is 2. The zero-order valence-electron chi connectivity index (χ0n) is 24.0. The number of carbonyl (C=O) groups excluding carboxylic acids is 2. The van der Waals surface area contributed by atoms with Gasteiger partial charge in [0, 0.05) is 13.8 Å². The molecule has 0 N–H and O–H groups in total. The van der Waals surface area contributed by atoms with Crippen LogP contribution < -0.4 is 0 Å². The van der Waals surface area contributed by atoms with Crippen LogP contribution in [-0.4, -0.2) is 25.2 Å². The molecule has 0 radical (unpaired) electrons. The molecule has 0 rings (SSSR count). The summed E-state index contributed by atoms with van der Waals surface area (Å²) in [5.41, 5.74) is 0. The van der Waals surface area contributed by atoms with Crippen LogP contribution >= 0.6 is 0 Å². The maximum Gasteiger partial charge on any atom is 0.302 e. The lowest BCUT2D eigenvalue weighted by Gasteiger charge is -2.02. The van der Waals surface area contributed by atoms with Gasteiger partial charge in [-0.15, -0.1) is 0 Å². The van der Waals surface area contributed by atoms with Gasteiger partial charge < -0.3 is 9.47 Å². The second kappa shape index (κ2) is 32.9. The first kappa shape index (κ1) is 36.1. The molecule has 0 bridgehead atoms. The van der Waals surface area contributed by atoms with Crippen LogP contribution in [0.2, 0.25) is 0 Å². The fraction of sp³-hybridized carbons (Fsp3) is 0.688. The average Bonchev–Trinajstić information content (AvgIpc) is 2.85. The van der Waals surface area contributed by atoms with Gasteiger partial charge in [0.1, 0.15) is 0 Å². The van der Waals surface area contributed by atoms with Crippen LogP contribution in [0.3, 0.4) is 0 Å². The van der Waals surface area contributed by atoms with Gasteiger partial charge in [-0.25, -0.2) is 0 Å². The molecule has 4 heteroatoms. The zero-order valence-corrected chi connectivity index (χ0v) is 24.0. The predicted molar refractivity (Wildman–Crippen MR) is 155 cm³/mol. The summed E-state index contributed by atoms with van der Waals surface area (Å²) < 4.78 is 9.75. The number of unbranched alkanes of at least 4 members (excludes halogenated alkanes) is 13. The van der Waals surface area contributed by atoms with E-state index in [1.54, 1.807) is 0 Å². The van der Waals surface area contributed by atoms with Crippen LogP contribution in [0.15, 0.2) is 48.6 Å². The van der Waals surface area contributed by atoms with Gasteiger partial charge in [-0.1, -0.05) is 113 Å². The van der Waals surface area contributed by atoms with Crippen molar-refractivity contribution in [1.82, 2.24) is 0 Å². The number of hydrogen-bond acceptors (Lipinski definition) is 4. The molecule has 0 fully saturated rings. The molecule has 0 saturated carbocycles. The molecule has 0 amide bonds. The van der Waals surface area contributed by atoms with E-state index in [-0.39, 0.29) is 11.9 Å². The highest BCUT2D eigenvalue weighted by atomic mass is 16.5. The first-order valence-corrected chi connectivity index (χ1v) is 14.4. The molecule has 0 aromatic heterocycles. The van der Waals surface area contributed by atoms with Crippen LogP contribution in [0.25, 0.3) is 0 Å². The van der Waals surface area contributed by atoms with E-state index in [0.717, 1.165) is 32.1 Å². The molecular formula is C32H56O4. The first-order valence-electron chi connectivity index (χ1n) is 14.4. The minimum absolute atomic E-state index is 0.163. The zero-order chi connectivity index (χ0) is 27.0.